The molecule has 0 unspecified atom stereocenters. The molecular weight excluding hydrogens is 216 g/mol. The van der Waals surface area contributed by atoms with Gasteiger partial charge in [-0.3, -0.25) is 0 Å². The van der Waals surface area contributed by atoms with E-state index in [1.54, 1.807) is 21.0 Å². The van der Waals surface area contributed by atoms with Crippen molar-refractivity contribution in [3.05, 3.63) is 34.9 Å². The van der Waals surface area contributed by atoms with E-state index in [1.165, 1.54) is 0 Å². The number of rotatable bonds is 4. The summed E-state index contributed by atoms with van der Waals surface area (Å²) in [4.78, 5) is 11.4. The van der Waals surface area contributed by atoms with Crippen LogP contribution in [0, 0.1) is 6.92 Å². The van der Waals surface area contributed by atoms with Gasteiger partial charge in [0.1, 0.15) is 5.75 Å². The van der Waals surface area contributed by atoms with Crippen molar-refractivity contribution in [1.82, 2.24) is 0 Å². The summed E-state index contributed by atoms with van der Waals surface area (Å²) in [6.45, 7) is 5.90. The van der Waals surface area contributed by atoms with Crippen molar-refractivity contribution in [3.63, 3.8) is 0 Å². The van der Waals surface area contributed by atoms with Gasteiger partial charge in [-0.05, 0) is 50.1 Å². The Kier molecular flexibility index (Phi) is 4.76. The molecule has 0 aliphatic rings. The highest BCUT2D eigenvalue weighted by Gasteiger charge is 2.05. The van der Waals surface area contributed by atoms with Gasteiger partial charge in [0.05, 0.1) is 13.7 Å². The zero-order chi connectivity index (χ0) is 12.8. The predicted molar refractivity (Wildman–Crippen MR) is 68.0 cm³/mol. The molecule has 1 aromatic rings. The van der Waals surface area contributed by atoms with Gasteiger partial charge in [-0.25, -0.2) is 4.79 Å². The van der Waals surface area contributed by atoms with Gasteiger partial charge in [-0.1, -0.05) is 6.07 Å². The number of hydrogen-bond acceptors (Lipinski definition) is 3. The summed E-state index contributed by atoms with van der Waals surface area (Å²) in [5, 5.41) is 0. The monoisotopic (exact) mass is 234 g/mol. The Morgan fingerprint density at radius 1 is 1.41 bits per heavy atom. The van der Waals surface area contributed by atoms with Crippen molar-refractivity contribution in [2.24, 2.45) is 0 Å². The lowest BCUT2D eigenvalue weighted by Crippen LogP contribution is -2.04. The van der Waals surface area contributed by atoms with Crippen LogP contribution in [0.2, 0.25) is 0 Å². The lowest BCUT2D eigenvalue weighted by molar-refractivity contribution is -0.138. The van der Waals surface area contributed by atoms with Gasteiger partial charge >= 0.3 is 5.97 Å². The topological polar surface area (TPSA) is 35.5 Å². The zero-order valence-electron chi connectivity index (χ0n) is 10.7. The van der Waals surface area contributed by atoms with Crippen molar-refractivity contribution in [2.45, 2.75) is 20.8 Å². The molecular formula is C14H18O3. The molecule has 0 spiro atoms. The molecule has 0 saturated heterocycles. The summed E-state index contributed by atoms with van der Waals surface area (Å²) in [6.07, 6.45) is 1.81. The predicted octanol–water partition coefficient (Wildman–Crippen LogP) is 2.97. The second-order valence-electron chi connectivity index (χ2n) is 3.78. The van der Waals surface area contributed by atoms with Crippen LogP contribution in [0.15, 0.2) is 23.8 Å². The third-order valence-electron chi connectivity index (χ3n) is 2.40. The van der Waals surface area contributed by atoms with Crippen molar-refractivity contribution in [1.29, 1.82) is 0 Å². The molecule has 0 saturated carbocycles. The Morgan fingerprint density at radius 3 is 2.65 bits per heavy atom. The van der Waals surface area contributed by atoms with E-state index in [0.29, 0.717) is 12.2 Å². The molecule has 0 N–H and O–H groups in total. The summed E-state index contributed by atoms with van der Waals surface area (Å²) in [5.74, 6) is 0.567. The Labute approximate surface area is 102 Å². The van der Waals surface area contributed by atoms with Crippen LogP contribution in [0.1, 0.15) is 25.0 Å². The third kappa shape index (κ3) is 3.63. The highest BCUT2D eigenvalue weighted by Crippen LogP contribution is 2.20. The first-order chi connectivity index (χ1) is 8.08. The first kappa shape index (κ1) is 13.3. The summed E-state index contributed by atoms with van der Waals surface area (Å²) in [5.41, 5.74) is 2.60. The summed E-state index contributed by atoms with van der Waals surface area (Å²) in [7, 11) is 1.64. The molecule has 1 rings (SSSR count). The van der Waals surface area contributed by atoms with Gasteiger partial charge in [0, 0.05) is 5.57 Å². The number of carbonyl (C=O) groups is 1. The molecule has 3 heteroatoms. The maximum Gasteiger partial charge on any atom is 0.333 e. The van der Waals surface area contributed by atoms with E-state index >= 15 is 0 Å². The minimum absolute atomic E-state index is 0.277. The van der Waals surface area contributed by atoms with Gasteiger partial charge in [0.2, 0.25) is 0 Å². The molecule has 92 valence electrons. The SMILES string of the molecule is CCOC(=O)/C(C)=C/c1ccc(OC)c(C)c1. The largest absolute Gasteiger partial charge is 0.496 e. The first-order valence-corrected chi connectivity index (χ1v) is 5.58. The molecule has 17 heavy (non-hydrogen) atoms. The summed E-state index contributed by atoms with van der Waals surface area (Å²) in [6, 6.07) is 5.77. The minimum Gasteiger partial charge on any atom is -0.496 e. The van der Waals surface area contributed by atoms with Crippen LogP contribution >= 0.6 is 0 Å². The Hall–Kier alpha value is -1.77. The fraction of sp³-hybridized carbons (Fsp3) is 0.357. The highest BCUT2D eigenvalue weighted by molar-refractivity contribution is 5.93. The van der Waals surface area contributed by atoms with Crippen LogP contribution in [-0.4, -0.2) is 19.7 Å². The lowest BCUT2D eigenvalue weighted by Gasteiger charge is -2.06. The minimum atomic E-state index is -0.277. The van der Waals surface area contributed by atoms with E-state index in [4.69, 9.17) is 9.47 Å². The van der Waals surface area contributed by atoms with Crippen molar-refractivity contribution >= 4 is 12.0 Å². The third-order valence-corrected chi connectivity index (χ3v) is 2.40. The molecule has 0 bridgehead atoms. The maximum atomic E-state index is 11.4. The Balaban J connectivity index is 2.91. The average Bonchev–Trinajstić information content (AvgIpc) is 2.29. The molecule has 0 radical (unpaired) electrons. The van der Waals surface area contributed by atoms with Crippen LogP contribution in [0.4, 0.5) is 0 Å². The smallest absolute Gasteiger partial charge is 0.333 e. The van der Waals surface area contributed by atoms with Crippen LogP contribution in [-0.2, 0) is 9.53 Å². The fourth-order valence-electron chi connectivity index (χ4n) is 1.55. The zero-order valence-corrected chi connectivity index (χ0v) is 10.7. The van der Waals surface area contributed by atoms with Crippen LogP contribution in [0.3, 0.4) is 0 Å². The first-order valence-electron chi connectivity index (χ1n) is 5.58. The number of esters is 1. The summed E-state index contributed by atoms with van der Waals surface area (Å²) < 4.78 is 10.1. The molecule has 0 aliphatic heterocycles. The van der Waals surface area contributed by atoms with Gasteiger partial charge in [-0.2, -0.15) is 0 Å². The van der Waals surface area contributed by atoms with Crippen LogP contribution in [0.25, 0.3) is 6.08 Å². The van der Waals surface area contributed by atoms with Gasteiger partial charge in [0.15, 0.2) is 0 Å². The number of benzene rings is 1. The number of ether oxygens (including phenoxy) is 2. The normalized spacial score (nSPS) is 11.2. The summed E-state index contributed by atoms with van der Waals surface area (Å²) >= 11 is 0. The molecule has 0 fully saturated rings. The number of hydrogen-bond donors (Lipinski definition) is 0. The van der Waals surface area contributed by atoms with Crippen LogP contribution in [0.5, 0.6) is 5.75 Å². The lowest BCUT2D eigenvalue weighted by atomic mass is 10.1. The number of carbonyl (C=O) groups excluding carboxylic acids is 1. The molecule has 3 nitrogen and oxygen atoms in total. The van der Waals surface area contributed by atoms with E-state index in [9.17, 15) is 4.79 Å². The van der Waals surface area contributed by atoms with Crippen molar-refractivity contribution in [3.8, 4) is 5.75 Å². The fourth-order valence-corrected chi connectivity index (χ4v) is 1.55. The number of aryl methyl sites for hydroxylation is 1. The molecule has 0 aliphatic carbocycles. The van der Waals surface area contributed by atoms with Crippen molar-refractivity contribution in [2.75, 3.05) is 13.7 Å². The van der Waals surface area contributed by atoms with Crippen molar-refractivity contribution < 1.29 is 14.3 Å². The molecule has 0 heterocycles. The highest BCUT2D eigenvalue weighted by atomic mass is 16.5. The van der Waals surface area contributed by atoms with E-state index in [1.807, 2.05) is 31.2 Å². The molecule has 0 atom stereocenters. The molecule has 0 amide bonds. The molecule has 1 aromatic carbocycles. The standard InChI is InChI=1S/C14H18O3/c1-5-17-14(15)11(3)9-12-6-7-13(16-4)10(2)8-12/h6-9H,5H2,1-4H3/b11-9+. The quantitative estimate of drug-likeness (QED) is 0.593. The molecule has 0 aromatic heterocycles. The van der Waals surface area contributed by atoms with Gasteiger partial charge < -0.3 is 9.47 Å². The van der Waals surface area contributed by atoms with Crippen LogP contribution < -0.4 is 4.74 Å². The van der Waals surface area contributed by atoms with E-state index in [0.717, 1.165) is 16.9 Å². The van der Waals surface area contributed by atoms with E-state index < -0.39 is 0 Å². The Morgan fingerprint density at radius 2 is 2.12 bits per heavy atom. The number of methoxy groups -OCH3 is 1. The maximum absolute atomic E-state index is 11.4. The van der Waals surface area contributed by atoms with Gasteiger partial charge in [0.25, 0.3) is 0 Å². The van der Waals surface area contributed by atoms with Gasteiger partial charge in [-0.15, -0.1) is 0 Å². The Bertz CT molecular complexity index is 433. The average molecular weight is 234 g/mol. The van der Waals surface area contributed by atoms with E-state index in [-0.39, 0.29) is 5.97 Å². The van der Waals surface area contributed by atoms with E-state index in [2.05, 4.69) is 0 Å². The second-order valence-corrected chi connectivity index (χ2v) is 3.78. The second kappa shape index (κ2) is 6.09.